The van der Waals surface area contributed by atoms with E-state index in [1.54, 1.807) is 67.0 Å². The summed E-state index contributed by atoms with van der Waals surface area (Å²) in [6, 6.07) is 12.3. The number of nitrogens with one attached hydrogen (secondary N) is 13. The number of carboxylic acids is 1. The van der Waals surface area contributed by atoms with Gasteiger partial charge in [-0.05, 0) is 156 Å². The van der Waals surface area contributed by atoms with E-state index in [4.69, 9.17) is 40.2 Å². The van der Waals surface area contributed by atoms with Crippen LogP contribution in [0.4, 0.5) is 16.2 Å². The van der Waals surface area contributed by atoms with Crippen LogP contribution >= 0.6 is 28.3 Å². The Morgan fingerprint density at radius 3 is 1.71 bits per heavy atom. The smallest absolute Gasteiger partial charge is 0.323 e. The van der Waals surface area contributed by atoms with Crippen molar-refractivity contribution in [2.75, 3.05) is 122 Å². The molecule has 136 heavy (non-hydrogen) atoms. The summed E-state index contributed by atoms with van der Waals surface area (Å²) in [6.07, 6.45) is 10.7. The van der Waals surface area contributed by atoms with Crippen LogP contribution in [0, 0.1) is 18.8 Å². The van der Waals surface area contributed by atoms with Crippen molar-refractivity contribution in [3.8, 4) is 0 Å². The van der Waals surface area contributed by atoms with Gasteiger partial charge in [-0.15, -0.1) is 11.8 Å². The number of nitrogens with zero attached hydrogens (tertiary/aromatic N) is 2. The number of likely N-dealkylation sites (tertiary alicyclic amines) is 1. The number of aliphatic carboxylic acids is 1. The van der Waals surface area contributed by atoms with Crippen LogP contribution in [0.3, 0.4) is 0 Å². The second-order valence-electron chi connectivity index (χ2n) is 32.9. The van der Waals surface area contributed by atoms with Crippen LogP contribution in [0.15, 0.2) is 79.1 Å². The first-order valence-corrected chi connectivity index (χ1v) is 49.3. The molecule has 45 nitrogen and oxygen atoms in total. The van der Waals surface area contributed by atoms with Crippen molar-refractivity contribution in [2.24, 2.45) is 23.3 Å². The molecule has 2 saturated carbocycles. The van der Waals surface area contributed by atoms with E-state index in [1.165, 1.54) is 11.0 Å². The lowest BCUT2D eigenvalue weighted by atomic mass is 9.80. The Morgan fingerprint density at radius 1 is 0.588 bits per heavy atom. The van der Waals surface area contributed by atoms with E-state index >= 15 is 0 Å². The third-order valence-corrected chi connectivity index (χ3v) is 24.5. The number of nitrogens with two attached hydrogens (primary N) is 2. The molecule has 16 amide bonds. The van der Waals surface area contributed by atoms with Crippen molar-refractivity contribution >= 4 is 140 Å². The number of rotatable bonds is 67. The molecule has 2 aromatic carbocycles. The number of imide groups is 1. The molecule has 3 aliphatic rings. The Balaban J connectivity index is 0.759. The van der Waals surface area contributed by atoms with Gasteiger partial charge in [-0.2, -0.15) is 0 Å². The molecular weight excluding hydrogens is 1840 g/mol. The van der Waals surface area contributed by atoms with Gasteiger partial charge in [0.25, 0.3) is 5.97 Å². The number of ether oxygens (including phenoxy) is 4. The zero-order valence-corrected chi connectivity index (χ0v) is 79.4. The Bertz CT molecular complexity index is 4440. The Kier molecular flexibility index (Phi) is 53.3. The van der Waals surface area contributed by atoms with Gasteiger partial charge in [0.1, 0.15) is 23.7 Å². The number of carbonyl (C=O) groups excluding carboxylic acids is 15. The molecule has 1 aromatic heterocycles. The number of aromatic nitrogens is 1. The van der Waals surface area contributed by atoms with Crippen LogP contribution in [0.25, 0.3) is 6.08 Å². The zero-order chi connectivity index (χ0) is 99.1. The van der Waals surface area contributed by atoms with Gasteiger partial charge in [0.05, 0.1) is 70.6 Å². The summed E-state index contributed by atoms with van der Waals surface area (Å²) < 4.78 is 53.0. The topological polar surface area (TPSA) is 668 Å². The summed E-state index contributed by atoms with van der Waals surface area (Å²) in [5.74, 6) is -11.2. The minimum absolute atomic E-state index is 0.00429. The standard InChI is InChI=1S/C88H133N17O28P2S/c1-59-14-3-4-16-66(59)103-86(122)99-64-28-23-60(24-29-64)54-76(111)101-68(18-6-9-39-92-71(106)30-25-61-15-12-38-91-56-61)82(118)102-69(19-11-20-78(113)114)83(119)104-87(35-7-2-8-36-87)85(121)98-45-49-131-53-52-130-47-43-94-73(108)32-31-72(107)93-42-46-128-50-51-129-48-44-95-74(109)33-34-75(110)100-67(79(90)115)17-5-10-40-97-81(117)65(89)58-136-70-55-77(112)105(84(70)120)57-62-21-26-63(27-22-62)80(116)96-41-13-37-88(123,132-134(124)125)133-135(126)127/h3-4,12,14-16,23-25,28-30,38,56,62-63,65,67-70,123,134-135H,2,5-11,13,17-22,26-27,31-37,39-55,57-58,89H2,1H3,(H2,90,115)(H,92,106)(H,93,107)(H,94,108)(H,95,109)(H,96,116)(H,97,117)(H,98,121)(H,100,110)(H,101,111)(H,102,118)(H,104,119)(H,113,114)(H,124,125)(H,126,127)(H2,99,103,122)/b30-25+/t62?,63?,65-,67+,68+,69+,70?/m1/s1. The third-order valence-electron chi connectivity index (χ3n) is 22.1. The number of hydrogen-bond acceptors (Lipinski definition) is 28. The van der Waals surface area contributed by atoms with Crippen LogP contribution in [0.2, 0.25) is 0 Å². The number of carboxylic acid groups (broad SMARTS) is 1. The van der Waals surface area contributed by atoms with Crippen molar-refractivity contribution in [3.63, 3.8) is 0 Å². The number of carbonyl (C=O) groups is 16. The molecule has 3 fully saturated rings. The SMILES string of the molecule is Cc1ccccc1NC(=O)Nc1ccc(CC(=O)N[C@@H](CCCCNC(=O)/C=C/c2cccnc2)C(=O)N[C@@H](CCCC(=O)O)C(=O)NC2(C(=O)NCCOCCOCCNC(=O)CCC(=O)NCCOCCOCCNC(=O)CCC(=O)N[C@@H](CCCCNC(=O)[C@H](N)CSC3CC(=O)N(CC4CCC(C(=O)NCCCC(O)(O[PH](=O)O)O[PH](=O)O)CC4)C3=O)C(N)=O)CCCCC2)cc1. The number of para-hydroxylation sites is 1. The number of anilines is 2. The lowest BCUT2D eigenvalue weighted by molar-refractivity contribution is -0.277. The minimum atomic E-state index is -3.73. The van der Waals surface area contributed by atoms with Gasteiger partial charge < -0.3 is 120 Å². The van der Waals surface area contributed by atoms with Crippen molar-refractivity contribution < 1.29 is 134 Å². The Labute approximate surface area is 794 Å². The summed E-state index contributed by atoms with van der Waals surface area (Å²) in [5.41, 5.74) is 13.5. The van der Waals surface area contributed by atoms with Gasteiger partial charge in [0.15, 0.2) is 0 Å². The number of amides is 16. The Hall–Kier alpha value is -10.7. The number of urea groups is 1. The molecule has 48 heteroatoms. The lowest BCUT2D eigenvalue weighted by Gasteiger charge is -2.38. The van der Waals surface area contributed by atoms with Gasteiger partial charge >= 0.3 is 28.5 Å². The number of pyridine rings is 1. The molecular formula is C88H133N17O28P2S. The van der Waals surface area contributed by atoms with Gasteiger partial charge in [-0.1, -0.05) is 55.7 Å². The summed E-state index contributed by atoms with van der Waals surface area (Å²) >= 11 is 1.10. The van der Waals surface area contributed by atoms with E-state index < -0.39 is 129 Å². The zero-order valence-electron chi connectivity index (χ0n) is 76.6. The number of aliphatic hydroxyl groups is 1. The third kappa shape index (κ3) is 46.4. The maximum atomic E-state index is 14.4. The van der Waals surface area contributed by atoms with Crippen molar-refractivity contribution in [1.29, 1.82) is 0 Å². The predicted octanol–water partition coefficient (Wildman–Crippen LogP) is 1.30. The molecule has 0 spiro atoms. The molecule has 1 aliphatic heterocycles. The van der Waals surface area contributed by atoms with Crippen LogP contribution < -0.4 is 80.6 Å². The highest BCUT2D eigenvalue weighted by atomic mass is 32.2. The average molecular weight is 1970 g/mol. The number of hydrogen-bond donors (Lipinski definition) is 19. The van der Waals surface area contributed by atoms with Crippen LogP contribution in [-0.4, -0.2) is 276 Å². The largest absolute Gasteiger partial charge is 0.481 e. The maximum Gasteiger partial charge on any atom is 0.323 e. The van der Waals surface area contributed by atoms with E-state index in [9.17, 15) is 96.1 Å². The van der Waals surface area contributed by atoms with Crippen molar-refractivity contribution in [2.45, 2.75) is 215 Å². The maximum absolute atomic E-state index is 14.4. The summed E-state index contributed by atoms with van der Waals surface area (Å²) in [6.45, 7) is 4.06. The molecule has 754 valence electrons. The number of thioether (sulfide) groups is 1. The normalized spacial score (nSPS) is 16.9. The highest BCUT2D eigenvalue weighted by molar-refractivity contribution is 8.00. The van der Waals surface area contributed by atoms with Crippen molar-refractivity contribution in [3.05, 3.63) is 95.8 Å². The Morgan fingerprint density at radius 2 is 1.14 bits per heavy atom. The first kappa shape index (κ1) is 114. The number of benzene rings is 2. The highest BCUT2D eigenvalue weighted by Gasteiger charge is 2.44. The van der Waals surface area contributed by atoms with Crippen LogP contribution in [0.5, 0.6) is 0 Å². The molecule has 0 radical (unpaired) electrons. The van der Waals surface area contributed by atoms with Crippen molar-refractivity contribution in [1.82, 2.24) is 68.4 Å². The second kappa shape index (κ2) is 63.6. The molecule has 3 unspecified atom stereocenters. The van der Waals surface area contributed by atoms with E-state index in [0.29, 0.717) is 81.1 Å². The molecule has 7 atom stereocenters. The van der Waals surface area contributed by atoms with Gasteiger partial charge in [-0.3, -0.25) is 100.0 Å². The van der Waals surface area contributed by atoms with Crippen LogP contribution in [0.1, 0.15) is 177 Å². The van der Waals surface area contributed by atoms with E-state index in [2.05, 4.69) is 83.1 Å². The fourth-order valence-corrected chi connectivity index (χ4v) is 16.8. The second-order valence-corrected chi connectivity index (χ2v) is 35.6. The monoisotopic (exact) mass is 1970 g/mol. The minimum Gasteiger partial charge on any atom is -0.481 e. The number of unbranched alkanes of at least 4 members (excludes halogenated alkanes) is 2. The highest BCUT2D eigenvalue weighted by Crippen LogP contribution is 2.37. The lowest BCUT2D eigenvalue weighted by Crippen LogP contribution is -2.63. The van der Waals surface area contributed by atoms with E-state index in [-0.39, 0.29) is 242 Å². The molecule has 21 N–H and O–H groups in total. The number of aryl methyl sites for hydroxylation is 1. The first-order valence-electron chi connectivity index (χ1n) is 45.7. The molecule has 0 bridgehead atoms. The predicted molar refractivity (Wildman–Crippen MR) is 498 cm³/mol. The molecule has 3 aromatic rings. The number of primary amides is 1. The molecule has 2 heterocycles. The fourth-order valence-electron chi connectivity index (χ4n) is 14.8. The van der Waals surface area contributed by atoms with Gasteiger partial charge in [-0.25, -0.2) is 4.79 Å². The molecule has 6 rings (SSSR count). The first-order chi connectivity index (χ1) is 65.2. The summed E-state index contributed by atoms with van der Waals surface area (Å²) in [7, 11) is -7.46. The average Bonchev–Trinajstić information content (AvgIpc) is 1.23. The summed E-state index contributed by atoms with van der Waals surface area (Å²) in [4.78, 5) is 231. The molecule has 2 aliphatic carbocycles. The quantitative estimate of drug-likeness (QED) is 0.0124. The fraction of sp³-hybridized carbons (Fsp3) is 0.602. The van der Waals surface area contributed by atoms with Gasteiger partial charge in [0.2, 0.25) is 82.7 Å². The van der Waals surface area contributed by atoms with Crippen LogP contribution in [-0.2, 0) is 115 Å². The summed E-state index contributed by atoms with van der Waals surface area (Å²) in [5, 5.41) is 54.5. The van der Waals surface area contributed by atoms with E-state index in [0.717, 1.165) is 29.3 Å². The van der Waals surface area contributed by atoms with E-state index in [1.807, 2.05) is 19.1 Å². The van der Waals surface area contributed by atoms with Gasteiger partial charge in [0, 0.05) is 139 Å². The molecule has 1 saturated heterocycles.